The summed E-state index contributed by atoms with van der Waals surface area (Å²) in [5, 5.41) is 6.82. The van der Waals surface area contributed by atoms with Gasteiger partial charge in [0, 0.05) is 13.0 Å². The van der Waals surface area contributed by atoms with Crippen LogP contribution in [0.5, 0.6) is 0 Å². The number of aryl methyl sites for hydroxylation is 1. The molecule has 1 saturated heterocycles. The first-order chi connectivity index (χ1) is 6.27. The van der Waals surface area contributed by atoms with Gasteiger partial charge in [-0.05, 0) is 13.3 Å². The normalized spacial score (nSPS) is 17.9. The van der Waals surface area contributed by atoms with E-state index in [1.165, 1.54) is 0 Å². The summed E-state index contributed by atoms with van der Waals surface area (Å²) in [6.45, 7) is 3.48. The van der Waals surface area contributed by atoms with Crippen LogP contribution in [0.1, 0.15) is 18.5 Å². The van der Waals surface area contributed by atoms with E-state index in [0.717, 1.165) is 30.8 Å². The molecule has 1 aliphatic heterocycles. The molecule has 13 heavy (non-hydrogen) atoms. The van der Waals surface area contributed by atoms with Crippen LogP contribution in [0.3, 0.4) is 0 Å². The number of piperidine rings is 1. The Balaban J connectivity index is 2.17. The van der Waals surface area contributed by atoms with Gasteiger partial charge in [-0.3, -0.25) is 9.89 Å². The molecule has 1 fully saturated rings. The van der Waals surface area contributed by atoms with Crippen LogP contribution in [-0.4, -0.2) is 29.1 Å². The zero-order valence-corrected chi connectivity index (χ0v) is 7.71. The fourth-order valence-electron chi connectivity index (χ4n) is 1.71. The first-order valence-electron chi connectivity index (χ1n) is 4.54. The Morgan fingerprint density at radius 2 is 2.46 bits per heavy atom. The molecule has 0 aromatic carbocycles. The van der Waals surface area contributed by atoms with E-state index in [0.29, 0.717) is 12.3 Å². The maximum atomic E-state index is 11.2. The number of carbonyl (C=O) groups is 1. The number of rotatable bonds is 1. The van der Waals surface area contributed by atoms with Crippen molar-refractivity contribution in [1.29, 1.82) is 0 Å². The number of anilines is 1. The Bertz CT molecular complexity index is 318. The summed E-state index contributed by atoms with van der Waals surface area (Å²) in [5.74, 6) is 0.326. The van der Waals surface area contributed by atoms with Gasteiger partial charge >= 0.3 is 0 Å². The molecule has 1 aliphatic rings. The molecule has 0 amide bonds. The van der Waals surface area contributed by atoms with Crippen LogP contribution in [-0.2, 0) is 4.79 Å². The number of nitrogens with one attached hydrogen (secondary N) is 1. The SMILES string of the molecule is Cc1[nH]ncc1N1CCCC(=O)C1. The molecular weight excluding hydrogens is 166 g/mol. The van der Waals surface area contributed by atoms with Crippen molar-refractivity contribution >= 4 is 11.5 Å². The molecule has 2 rings (SSSR count). The predicted molar refractivity (Wildman–Crippen MR) is 49.8 cm³/mol. The second-order valence-electron chi connectivity index (χ2n) is 3.44. The molecule has 0 unspecified atom stereocenters. The number of aromatic amines is 1. The second kappa shape index (κ2) is 3.20. The quantitative estimate of drug-likeness (QED) is 0.696. The lowest BCUT2D eigenvalue weighted by Crippen LogP contribution is -2.35. The molecule has 0 aliphatic carbocycles. The third-order valence-electron chi connectivity index (χ3n) is 2.39. The lowest BCUT2D eigenvalue weighted by atomic mass is 10.1. The van der Waals surface area contributed by atoms with E-state index in [1.807, 2.05) is 6.92 Å². The van der Waals surface area contributed by atoms with Crippen LogP contribution in [0.4, 0.5) is 5.69 Å². The van der Waals surface area contributed by atoms with E-state index in [1.54, 1.807) is 6.20 Å². The van der Waals surface area contributed by atoms with Crippen LogP contribution in [0.25, 0.3) is 0 Å². The van der Waals surface area contributed by atoms with Crippen LogP contribution >= 0.6 is 0 Å². The van der Waals surface area contributed by atoms with Crippen molar-refractivity contribution in [3.63, 3.8) is 0 Å². The van der Waals surface area contributed by atoms with Gasteiger partial charge in [-0.25, -0.2) is 0 Å². The summed E-state index contributed by atoms with van der Waals surface area (Å²) in [7, 11) is 0. The number of nitrogens with zero attached hydrogens (tertiary/aromatic N) is 2. The molecule has 0 atom stereocenters. The first-order valence-corrected chi connectivity index (χ1v) is 4.54. The lowest BCUT2D eigenvalue weighted by Gasteiger charge is -2.26. The Morgan fingerprint density at radius 3 is 3.08 bits per heavy atom. The first kappa shape index (κ1) is 8.29. The smallest absolute Gasteiger partial charge is 0.152 e. The van der Waals surface area contributed by atoms with E-state index >= 15 is 0 Å². The molecule has 0 saturated carbocycles. The fraction of sp³-hybridized carbons (Fsp3) is 0.556. The molecule has 0 bridgehead atoms. The summed E-state index contributed by atoms with van der Waals surface area (Å²) in [6, 6.07) is 0. The van der Waals surface area contributed by atoms with Gasteiger partial charge in [-0.1, -0.05) is 0 Å². The number of ketones is 1. The number of Topliss-reactive ketones (excluding diaryl/α,β-unsaturated/α-hetero) is 1. The largest absolute Gasteiger partial charge is 0.361 e. The molecule has 2 heterocycles. The topological polar surface area (TPSA) is 49.0 Å². The number of hydrogen-bond donors (Lipinski definition) is 1. The Kier molecular flexibility index (Phi) is 2.04. The number of aromatic nitrogens is 2. The maximum absolute atomic E-state index is 11.2. The van der Waals surface area contributed by atoms with Crippen LogP contribution in [0.2, 0.25) is 0 Å². The molecule has 4 nitrogen and oxygen atoms in total. The molecular formula is C9H13N3O. The standard InChI is InChI=1S/C9H13N3O/c1-7-9(5-10-11-7)12-4-2-3-8(13)6-12/h5H,2-4,6H2,1H3,(H,10,11). The maximum Gasteiger partial charge on any atom is 0.152 e. The monoisotopic (exact) mass is 179 g/mol. The number of carbonyl (C=O) groups excluding carboxylic acids is 1. The third-order valence-corrected chi connectivity index (χ3v) is 2.39. The zero-order chi connectivity index (χ0) is 9.26. The Labute approximate surface area is 76.9 Å². The summed E-state index contributed by atoms with van der Waals surface area (Å²) < 4.78 is 0. The Morgan fingerprint density at radius 1 is 1.62 bits per heavy atom. The summed E-state index contributed by atoms with van der Waals surface area (Å²) in [5.41, 5.74) is 2.10. The van der Waals surface area contributed by atoms with Crippen LogP contribution in [0.15, 0.2) is 6.20 Å². The van der Waals surface area contributed by atoms with Crippen molar-refractivity contribution in [3.05, 3.63) is 11.9 Å². The predicted octanol–water partition coefficient (Wildman–Crippen LogP) is 0.887. The Hall–Kier alpha value is -1.32. The molecule has 0 spiro atoms. The van der Waals surface area contributed by atoms with Crippen molar-refractivity contribution < 1.29 is 4.79 Å². The van der Waals surface area contributed by atoms with E-state index in [-0.39, 0.29) is 0 Å². The van der Waals surface area contributed by atoms with Crippen LogP contribution in [0, 0.1) is 6.92 Å². The fourth-order valence-corrected chi connectivity index (χ4v) is 1.71. The van der Waals surface area contributed by atoms with E-state index in [9.17, 15) is 4.79 Å². The number of H-pyrrole nitrogens is 1. The summed E-state index contributed by atoms with van der Waals surface area (Å²) >= 11 is 0. The minimum absolute atomic E-state index is 0.326. The molecule has 4 heteroatoms. The van der Waals surface area contributed by atoms with Gasteiger partial charge in [-0.15, -0.1) is 0 Å². The lowest BCUT2D eigenvalue weighted by molar-refractivity contribution is -0.118. The average molecular weight is 179 g/mol. The average Bonchev–Trinajstić information content (AvgIpc) is 2.51. The molecule has 1 aromatic heterocycles. The van der Waals surface area contributed by atoms with Gasteiger partial charge < -0.3 is 4.90 Å². The highest BCUT2D eigenvalue weighted by Gasteiger charge is 2.18. The molecule has 70 valence electrons. The summed E-state index contributed by atoms with van der Waals surface area (Å²) in [4.78, 5) is 13.3. The van der Waals surface area contributed by atoms with E-state index < -0.39 is 0 Å². The third kappa shape index (κ3) is 1.56. The van der Waals surface area contributed by atoms with Crippen molar-refractivity contribution in [2.75, 3.05) is 18.0 Å². The van der Waals surface area contributed by atoms with Gasteiger partial charge in [0.05, 0.1) is 24.1 Å². The second-order valence-corrected chi connectivity index (χ2v) is 3.44. The van der Waals surface area contributed by atoms with Gasteiger partial charge in [0.2, 0.25) is 0 Å². The minimum Gasteiger partial charge on any atom is -0.361 e. The highest BCUT2D eigenvalue weighted by atomic mass is 16.1. The highest BCUT2D eigenvalue weighted by molar-refractivity contribution is 5.84. The van der Waals surface area contributed by atoms with Gasteiger partial charge in [0.25, 0.3) is 0 Å². The van der Waals surface area contributed by atoms with Gasteiger partial charge in [0.15, 0.2) is 5.78 Å². The van der Waals surface area contributed by atoms with Gasteiger partial charge in [-0.2, -0.15) is 5.10 Å². The van der Waals surface area contributed by atoms with Gasteiger partial charge in [0.1, 0.15) is 0 Å². The van der Waals surface area contributed by atoms with Crippen molar-refractivity contribution in [3.8, 4) is 0 Å². The van der Waals surface area contributed by atoms with E-state index in [4.69, 9.17) is 0 Å². The molecule has 1 aromatic rings. The molecule has 0 radical (unpaired) electrons. The highest BCUT2D eigenvalue weighted by Crippen LogP contribution is 2.19. The minimum atomic E-state index is 0.326. The van der Waals surface area contributed by atoms with Crippen molar-refractivity contribution in [1.82, 2.24) is 10.2 Å². The van der Waals surface area contributed by atoms with E-state index in [2.05, 4.69) is 15.1 Å². The van der Waals surface area contributed by atoms with Crippen molar-refractivity contribution in [2.45, 2.75) is 19.8 Å². The van der Waals surface area contributed by atoms with Crippen molar-refractivity contribution in [2.24, 2.45) is 0 Å². The van der Waals surface area contributed by atoms with Crippen LogP contribution < -0.4 is 4.90 Å². The summed E-state index contributed by atoms with van der Waals surface area (Å²) in [6.07, 6.45) is 3.48. The number of hydrogen-bond acceptors (Lipinski definition) is 3. The zero-order valence-electron chi connectivity index (χ0n) is 7.71. The molecule has 1 N–H and O–H groups in total.